The Hall–Kier alpha value is -2.91. The largest absolute Gasteiger partial charge is 0.390 e. The molecule has 0 fully saturated rings. The van der Waals surface area contributed by atoms with Crippen LogP contribution in [0.15, 0.2) is 57.5 Å². The molecule has 3 heterocycles. The van der Waals surface area contributed by atoms with Gasteiger partial charge >= 0.3 is 0 Å². The number of aliphatic imine (C=N–C) groups is 2. The number of aliphatic hydroxyl groups excluding tert-OH is 1. The minimum Gasteiger partial charge on any atom is -0.390 e. The molecule has 0 saturated carbocycles. The Kier molecular flexibility index (Phi) is 6.45. The summed E-state index contributed by atoms with van der Waals surface area (Å²) < 4.78 is 33.4. The number of aliphatic hydroxyl groups is 1. The van der Waals surface area contributed by atoms with E-state index in [4.69, 9.17) is 14.8 Å². The molecule has 0 aromatic heterocycles. The zero-order chi connectivity index (χ0) is 23.8. The number of nitrogens with zero attached hydrogens (tertiary/aromatic N) is 3. The van der Waals surface area contributed by atoms with Gasteiger partial charge in [0.05, 0.1) is 25.2 Å². The van der Waals surface area contributed by atoms with E-state index >= 15 is 0 Å². The fourth-order valence-corrected chi connectivity index (χ4v) is 4.31. The molecule has 0 radical (unpaired) electrons. The molecule has 0 bridgehead atoms. The van der Waals surface area contributed by atoms with Crippen LogP contribution < -0.4 is 5.32 Å². The van der Waals surface area contributed by atoms with Gasteiger partial charge in [0, 0.05) is 18.2 Å². The van der Waals surface area contributed by atoms with E-state index in [1.807, 2.05) is 19.1 Å². The van der Waals surface area contributed by atoms with Gasteiger partial charge in [-0.15, -0.1) is 0 Å². The number of rotatable bonds is 5. The molecule has 3 aliphatic heterocycles. The zero-order valence-electron chi connectivity index (χ0n) is 18.9. The number of benzene rings is 1. The van der Waals surface area contributed by atoms with Crippen LogP contribution in [0.5, 0.6) is 0 Å². The second-order valence-corrected chi connectivity index (χ2v) is 8.51. The molecule has 4 rings (SSSR count). The summed E-state index contributed by atoms with van der Waals surface area (Å²) in [6.45, 7) is 3.41. The van der Waals surface area contributed by atoms with Crippen molar-refractivity contribution in [2.24, 2.45) is 15.9 Å². The number of carbonyl (C=O) groups excluding carboxylic acids is 1. The van der Waals surface area contributed by atoms with Gasteiger partial charge in [0.2, 0.25) is 0 Å². The van der Waals surface area contributed by atoms with Gasteiger partial charge in [0.1, 0.15) is 24.4 Å². The van der Waals surface area contributed by atoms with Crippen molar-refractivity contribution >= 4 is 17.6 Å². The Bertz CT molecular complexity index is 1060. The standard InChI is InChI=1S/C24H28F2N4O3/c1-14(17-5-4-6-18(11-17)24(25,26)13-31)27-21-20-12-19(16-7-9-33-10-8-16)23(32)30(3)22(20)29-15(2)28-21/h4-7,11-12,14,20,22,31H,8-10,13H2,1-3H3,(H,27,28,29)/t14-,20?,22?/m1/s1. The van der Waals surface area contributed by atoms with E-state index in [1.54, 1.807) is 24.9 Å². The van der Waals surface area contributed by atoms with Crippen molar-refractivity contribution < 1.29 is 23.4 Å². The van der Waals surface area contributed by atoms with E-state index in [9.17, 15) is 13.6 Å². The lowest BCUT2D eigenvalue weighted by Gasteiger charge is -2.40. The summed E-state index contributed by atoms with van der Waals surface area (Å²) >= 11 is 0. The lowest BCUT2D eigenvalue weighted by Crippen LogP contribution is -2.54. The molecule has 33 heavy (non-hydrogen) atoms. The van der Waals surface area contributed by atoms with Crippen molar-refractivity contribution in [1.29, 1.82) is 0 Å². The average Bonchev–Trinajstić information content (AvgIpc) is 2.82. The number of carbonyl (C=O) groups is 1. The number of ether oxygens (including phenoxy) is 1. The summed E-state index contributed by atoms with van der Waals surface area (Å²) in [4.78, 5) is 24.1. The predicted molar refractivity (Wildman–Crippen MR) is 121 cm³/mol. The molecule has 7 nitrogen and oxygen atoms in total. The summed E-state index contributed by atoms with van der Waals surface area (Å²) in [7, 11) is 1.73. The highest BCUT2D eigenvalue weighted by atomic mass is 19.3. The Morgan fingerprint density at radius 1 is 1.42 bits per heavy atom. The molecule has 9 heteroatoms. The van der Waals surface area contributed by atoms with Crippen LogP contribution in [0.3, 0.4) is 0 Å². The molecule has 1 aromatic carbocycles. The van der Waals surface area contributed by atoms with Gasteiger partial charge in [0.25, 0.3) is 11.8 Å². The highest BCUT2D eigenvalue weighted by molar-refractivity contribution is 6.07. The number of nitrogens with one attached hydrogen (secondary N) is 1. The fourth-order valence-electron chi connectivity index (χ4n) is 4.31. The maximum Gasteiger partial charge on any atom is 0.295 e. The Morgan fingerprint density at radius 3 is 2.91 bits per heavy atom. The highest BCUT2D eigenvalue weighted by Crippen LogP contribution is 2.33. The summed E-state index contributed by atoms with van der Waals surface area (Å²) in [5.41, 5.74) is 1.93. The van der Waals surface area contributed by atoms with E-state index in [1.165, 1.54) is 18.2 Å². The first-order valence-electron chi connectivity index (χ1n) is 11.0. The van der Waals surface area contributed by atoms with Crippen LogP contribution in [0.1, 0.15) is 37.4 Å². The lowest BCUT2D eigenvalue weighted by atomic mass is 9.88. The van der Waals surface area contributed by atoms with Crippen LogP contribution in [0.25, 0.3) is 0 Å². The van der Waals surface area contributed by atoms with Crippen molar-refractivity contribution in [2.75, 3.05) is 26.9 Å². The fraction of sp³-hybridized carbons (Fsp3) is 0.458. The van der Waals surface area contributed by atoms with Gasteiger partial charge in [0.15, 0.2) is 0 Å². The Morgan fingerprint density at radius 2 is 2.21 bits per heavy atom. The van der Waals surface area contributed by atoms with E-state index in [-0.39, 0.29) is 17.4 Å². The maximum absolute atomic E-state index is 14.0. The molecule has 1 aromatic rings. The molecule has 0 aliphatic carbocycles. The third kappa shape index (κ3) is 4.60. The minimum absolute atomic E-state index is 0.0887. The van der Waals surface area contributed by atoms with Gasteiger partial charge < -0.3 is 20.1 Å². The van der Waals surface area contributed by atoms with E-state index in [0.29, 0.717) is 42.4 Å². The minimum atomic E-state index is -3.32. The maximum atomic E-state index is 14.0. The number of amides is 1. The molecule has 3 aliphatic rings. The predicted octanol–water partition coefficient (Wildman–Crippen LogP) is 2.94. The first kappa shape index (κ1) is 23.3. The van der Waals surface area contributed by atoms with Crippen molar-refractivity contribution in [2.45, 2.75) is 38.4 Å². The number of fused-ring (bicyclic) bond motifs is 1. The summed E-state index contributed by atoms with van der Waals surface area (Å²) in [5, 5.41) is 12.2. The molecule has 2 unspecified atom stereocenters. The van der Waals surface area contributed by atoms with Crippen LogP contribution in [0.2, 0.25) is 0 Å². The third-order valence-electron chi connectivity index (χ3n) is 6.20. The molecule has 0 saturated heterocycles. The second kappa shape index (κ2) is 9.15. The van der Waals surface area contributed by atoms with Gasteiger partial charge in [-0.3, -0.25) is 9.79 Å². The normalized spacial score (nSPS) is 25.6. The summed E-state index contributed by atoms with van der Waals surface area (Å²) in [6, 6.07) is 5.51. The van der Waals surface area contributed by atoms with E-state index < -0.39 is 24.7 Å². The Labute approximate surface area is 191 Å². The number of halogens is 2. The van der Waals surface area contributed by atoms with Crippen LogP contribution >= 0.6 is 0 Å². The number of hydrogen-bond acceptors (Lipinski definition) is 5. The average molecular weight is 459 g/mol. The van der Waals surface area contributed by atoms with E-state index in [2.05, 4.69) is 10.3 Å². The smallest absolute Gasteiger partial charge is 0.295 e. The topological polar surface area (TPSA) is 86.5 Å². The first-order chi connectivity index (χ1) is 15.7. The van der Waals surface area contributed by atoms with Crippen molar-refractivity contribution in [3.63, 3.8) is 0 Å². The second-order valence-electron chi connectivity index (χ2n) is 8.51. The highest BCUT2D eigenvalue weighted by Gasteiger charge is 2.40. The molecule has 1 amide bonds. The Balaban J connectivity index is 1.70. The van der Waals surface area contributed by atoms with Crippen molar-refractivity contribution in [1.82, 2.24) is 10.2 Å². The van der Waals surface area contributed by atoms with Crippen LogP contribution in [-0.4, -0.2) is 60.6 Å². The molecule has 2 N–H and O–H groups in total. The monoisotopic (exact) mass is 458 g/mol. The first-order valence-corrected chi connectivity index (χ1v) is 11.0. The van der Waals surface area contributed by atoms with Gasteiger partial charge in [-0.05, 0) is 37.5 Å². The molecule has 3 atom stereocenters. The molecular weight excluding hydrogens is 430 g/mol. The number of hydrogen-bond donors (Lipinski definition) is 2. The summed E-state index contributed by atoms with van der Waals surface area (Å²) in [6.07, 6.45) is 4.07. The van der Waals surface area contributed by atoms with Crippen LogP contribution in [-0.2, 0) is 15.5 Å². The third-order valence-corrected chi connectivity index (χ3v) is 6.20. The summed E-state index contributed by atoms with van der Waals surface area (Å²) in [5.74, 6) is -2.44. The van der Waals surface area contributed by atoms with Crippen LogP contribution in [0.4, 0.5) is 8.78 Å². The zero-order valence-corrected chi connectivity index (χ0v) is 18.9. The lowest BCUT2D eigenvalue weighted by molar-refractivity contribution is -0.128. The number of amidine groups is 2. The van der Waals surface area contributed by atoms with Gasteiger partial charge in [-0.2, -0.15) is 8.78 Å². The van der Waals surface area contributed by atoms with Crippen LogP contribution in [0, 0.1) is 5.92 Å². The quantitative estimate of drug-likeness (QED) is 0.711. The SMILES string of the molecule is CC1=NC2C(C=C(C3=CCOCC3)C(=O)N2C)C(=N[C@H](C)c2cccc(C(F)(F)CO)c2)N1. The number of likely N-dealkylation sites (N-methyl/N-ethyl adjacent to an activating group) is 1. The van der Waals surface area contributed by atoms with E-state index in [0.717, 1.165) is 5.57 Å². The molecule has 176 valence electrons. The van der Waals surface area contributed by atoms with Gasteiger partial charge in [-0.1, -0.05) is 30.4 Å². The van der Waals surface area contributed by atoms with Gasteiger partial charge in [-0.25, -0.2) is 4.99 Å². The van der Waals surface area contributed by atoms with Crippen molar-refractivity contribution in [3.05, 3.63) is 58.7 Å². The molecule has 0 spiro atoms. The van der Waals surface area contributed by atoms with Crippen molar-refractivity contribution in [3.8, 4) is 0 Å². The number of alkyl halides is 2. The molecular formula is C24H28F2N4O3.